The van der Waals surface area contributed by atoms with E-state index >= 15 is 0 Å². The van der Waals surface area contributed by atoms with Crippen LogP contribution in [-0.2, 0) is 0 Å². The molecule has 1 nitrogen and oxygen atoms in total. The highest BCUT2D eigenvalue weighted by Gasteiger charge is 1.99. The van der Waals surface area contributed by atoms with Crippen LogP contribution in [0.1, 0.15) is 17.9 Å². The second kappa shape index (κ2) is 2.23. The molecule has 44 valence electrons. The molecule has 1 aromatic heterocycles. The van der Waals surface area contributed by atoms with Gasteiger partial charge in [0.1, 0.15) is 0 Å². The molecule has 0 saturated carbocycles. The zero-order chi connectivity index (χ0) is 5.98. The van der Waals surface area contributed by atoms with Crippen LogP contribution in [0.4, 0.5) is 0 Å². The van der Waals surface area contributed by atoms with Crippen LogP contribution in [0, 0.1) is 0 Å². The van der Waals surface area contributed by atoms with Crippen LogP contribution in [0.3, 0.4) is 0 Å². The fourth-order valence-corrected chi connectivity index (χ4v) is 0.626. The number of rotatable bonds is 1. The van der Waals surface area contributed by atoms with Crippen LogP contribution >= 0.6 is 11.6 Å². The standard InChI is InChI=1S/C6H7ClO/c1-5(7)6-2-3-8-4-6/h2-5H,1H3. The van der Waals surface area contributed by atoms with Gasteiger partial charge < -0.3 is 4.42 Å². The maximum absolute atomic E-state index is 5.68. The molecule has 8 heavy (non-hydrogen) atoms. The average Bonchev–Trinajstić information content (AvgIpc) is 2.12. The average molecular weight is 131 g/mol. The third-order valence-corrected chi connectivity index (χ3v) is 1.25. The first-order chi connectivity index (χ1) is 3.80. The molecule has 0 bridgehead atoms. The molecule has 0 amide bonds. The van der Waals surface area contributed by atoms with Gasteiger partial charge in [0, 0.05) is 5.56 Å². The topological polar surface area (TPSA) is 13.1 Å². The first-order valence-corrected chi connectivity index (χ1v) is 2.90. The molecule has 1 aromatic rings. The van der Waals surface area contributed by atoms with Crippen molar-refractivity contribution in [1.82, 2.24) is 0 Å². The van der Waals surface area contributed by atoms with Gasteiger partial charge in [-0.05, 0) is 13.0 Å². The van der Waals surface area contributed by atoms with Crippen molar-refractivity contribution in [2.75, 3.05) is 0 Å². The van der Waals surface area contributed by atoms with Crippen LogP contribution in [0.2, 0.25) is 0 Å². The lowest BCUT2D eigenvalue weighted by Crippen LogP contribution is -1.75. The van der Waals surface area contributed by atoms with Gasteiger partial charge in [-0.1, -0.05) is 0 Å². The summed E-state index contributed by atoms with van der Waals surface area (Å²) in [6, 6.07) is 1.86. The summed E-state index contributed by atoms with van der Waals surface area (Å²) in [7, 11) is 0. The van der Waals surface area contributed by atoms with Crippen LogP contribution in [-0.4, -0.2) is 0 Å². The van der Waals surface area contributed by atoms with Gasteiger partial charge in [0.2, 0.25) is 0 Å². The minimum Gasteiger partial charge on any atom is -0.472 e. The lowest BCUT2D eigenvalue weighted by Gasteiger charge is -1.91. The molecule has 0 fully saturated rings. The summed E-state index contributed by atoms with van der Waals surface area (Å²) < 4.78 is 4.79. The highest BCUT2D eigenvalue weighted by molar-refractivity contribution is 6.20. The monoisotopic (exact) mass is 130 g/mol. The summed E-state index contributed by atoms with van der Waals surface area (Å²) in [4.78, 5) is 0. The van der Waals surface area contributed by atoms with Crippen molar-refractivity contribution in [2.45, 2.75) is 12.3 Å². The van der Waals surface area contributed by atoms with Gasteiger partial charge in [0.25, 0.3) is 0 Å². The molecule has 1 atom stereocenters. The number of furan rings is 1. The lowest BCUT2D eigenvalue weighted by molar-refractivity contribution is 0.564. The number of hydrogen-bond donors (Lipinski definition) is 0. The fraction of sp³-hybridized carbons (Fsp3) is 0.333. The zero-order valence-corrected chi connectivity index (χ0v) is 5.35. The first-order valence-electron chi connectivity index (χ1n) is 2.47. The third-order valence-electron chi connectivity index (χ3n) is 1.00. The smallest absolute Gasteiger partial charge is 0.0949 e. The van der Waals surface area contributed by atoms with Crippen LogP contribution in [0.25, 0.3) is 0 Å². The molecule has 0 N–H and O–H groups in total. The summed E-state index contributed by atoms with van der Waals surface area (Å²) >= 11 is 5.68. The summed E-state index contributed by atoms with van der Waals surface area (Å²) in [5.74, 6) is 0. The summed E-state index contributed by atoms with van der Waals surface area (Å²) in [6.45, 7) is 1.91. The molecule has 1 rings (SSSR count). The summed E-state index contributed by atoms with van der Waals surface area (Å²) in [5, 5.41) is 0.0637. The Hall–Kier alpha value is -0.430. The highest BCUT2D eigenvalue weighted by atomic mass is 35.5. The van der Waals surface area contributed by atoms with Crippen molar-refractivity contribution >= 4 is 11.6 Å². The molecule has 0 radical (unpaired) electrons. The molecule has 0 aliphatic rings. The largest absolute Gasteiger partial charge is 0.472 e. The molecular weight excluding hydrogens is 124 g/mol. The van der Waals surface area contributed by atoms with Gasteiger partial charge in [-0.25, -0.2) is 0 Å². The van der Waals surface area contributed by atoms with E-state index in [0.717, 1.165) is 5.56 Å². The zero-order valence-electron chi connectivity index (χ0n) is 4.60. The Morgan fingerprint density at radius 2 is 2.50 bits per heavy atom. The Balaban J connectivity index is 2.77. The highest BCUT2D eigenvalue weighted by Crippen LogP contribution is 2.18. The van der Waals surface area contributed by atoms with Gasteiger partial charge in [-0.15, -0.1) is 11.6 Å². The van der Waals surface area contributed by atoms with Gasteiger partial charge >= 0.3 is 0 Å². The molecule has 0 aliphatic carbocycles. The summed E-state index contributed by atoms with van der Waals surface area (Å²) in [5.41, 5.74) is 1.03. The minimum absolute atomic E-state index is 0.0637. The van der Waals surface area contributed by atoms with Crippen molar-refractivity contribution in [3.63, 3.8) is 0 Å². The second-order valence-corrected chi connectivity index (χ2v) is 2.33. The minimum atomic E-state index is 0.0637. The van der Waals surface area contributed by atoms with Crippen molar-refractivity contribution in [1.29, 1.82) is 0 Å². The van der Waals surface area contributed by atoms with Gasteiger partial charge in [0.05, 0.1) is 17.9 Å². The van der Waals surface area contributed by atoms with E-state index in [2.05, 4.69) is 0 Å². The number of alkyl halides is 1. The Morgan fingerprint density at radius 1 is 1.75 bits per heavy atom. The summed E-state index contributed by atoms with van der Waals surface area (Å²) in [6.07, 6.45) is 3.27. The van der Waals surface area contributed by atoms with E-state index in [9.17, 15) is 0 Å². The van der Waals surface area contributed by atoms with Crippen molar-refractivity contribution < 1.29 is 4.42 Å². The van der Waals surface area contributed by atoms with Gasteiger partial charge in [-0.2, -0.15) is 0 Å². The van der Waals surface area contributed by atoms with Crippen molar-refractivity contribution in [2.24, 2.45) is 0 Å². The molecule has 2 heteroatoms. The normalized spacial score (nSPS) is 13.8. The Bertz CT molecular complexity index is 144. The van der Waals surface area contributed by atoms with E-state index in [1.54, 1.807) is 12.5 Å². The molecule has 1 unspecified atom stereocenters. The molecule has 0 aromatic carbocycles. The maximum atomic E-state index is 5.68. The predicted molar refractivity (Wildman–Crippen MR) is 33.0 cm³/mol. The van der Waals surface area contributed by atoms with Crippen LogP contribution in [0.5, 0.6) is 0 Å². The van der Waals surface area contributed by atoms with E-state index in [1.807, 2.05) is 13.0 Å². The lowest BCUT2D eigenvalue weighted by atomic mass is 10.3. The SMILES string of the molecule is CC(Cl)c1ccoc1. The molecule has 0 spiro atoms. The quantitative estimate of drug-likeness (QED) is 0.533. The second-order valence-electron chi connectivity index (χ2n) is 1.67. The van der Waals surface area contributed by atoms with Gasteiger partial charge in [0.15, 0.2) is 0 Å². The predicted octanol–water partition coefficient (Wildman–Crippen LogP) is 2.58. The number of hydrogen-bond acceptors (Lipinski definition) is 1. The Labute approximate surface area is 53.3 Å². The maximum Gasteiger partial charge on any atom is 0.0949 e. The molecular formula is C6H7ClO. The Kier molecular flexibility index (Phi) is 1.59. The van der Waals surface area contributed by atoms with E-state index in [0.29, 0.717) is 0 Å². The number of halogens is 1. The van der Waals surface area contributed by atoms with Gasteiger partial charge in [-0.3, -0.25) is 0 Å². The fourth-order valence-electron chi connectivity index (χ4n) is 0.501. The van der Waals surface area contributed by atoms with Crippen LogP contribution < -0.4 is 0 Å². The van der Waals surface area contributed by atoms with Crippen molar-refractivity contribution in [3.8, 4) is 0 Å². The van der Waals surface area contributed by atoms with E-state index < -0.39 is 0 Å². The van der Waals surface area contributed by atoms with Crippen LogP contribution in [0.15, 0.2) is 23.0 Å². The Morgan fingerprint density at radius 3 is 2.75 bits per heavy atom. The van der Waals surface area contributed by atoms with Crippen molar-refractivity contribution in [3.05, 3.63) is 24.2 Å². The van der Waals surface area contributed by atoms with E-state index in [4.69, 9.17) is 16.0 Å². The first kappa shape index (κ1) is 5.70. The molecule has 0 saturated heterocycles. The van der Waals surface area contributed by atoms with E-state index in [-0.39, 0.29) is 5.38 Å². The molecule has 0 aliphatic heterocycles. The molecule has 1 heterocycles. The van der Waals surface area contributed by atoms with E-state index in [1.165, 1.54) is 0 Å². The third kappa shape index (κ3) is 1.04.